The van der Waals surface area contributed by atoms with Crippen LogP contribution in [0.5, 0.6) is 0 Å². The van der Waals surface area contributed by atoms with Crippen LogP contribution >= 0.6 is 0 Å². The van der Waals surface area contributed by atoms with Gasteiger partial charge in [0.1, 0.15) is 0 Å². The van der Waals surface area contributed by atoms with Crippen LogP contribution in [0.25, 0.3) is 6.08 Å². The molecule has 100 valence electrons. The van der Waals surface area contributed by atoms with Gasteiger partial charge in [0.25, 0.3) is 5.91 Å². The van der Waals surface area contributed by atoms with E-state index in [4.69, 9.17) is 0 Å². The average Bonchev–Trinajstić information content (AvgIpc) is 2.36. The van der Waals surface area contributed by atoms with E-state index < -0.39 is 5.91 Å². The lowest BCUT2D eigenvalue weighted by Crippen LogP contribution is -2.05. The number of carbonyl (C=O) groups excluding carboxylic acids is 2. The molecule has 1 aromatic carbocycles. The molecule has 0 saturated heterocycles. The molecule has 0 N–H and O–H groups in total. The first-order valence-electron chi connectivity index (χ1n) is 6.34. The number of amides is 1. The van der Waals surface area contributed by atoms with E-state index in [-0.39, 0.29) is 11.8 Å². The molecule has 0 radical (unpaired) electrons. The molecule has 19 heavy (non-hydrogen) atoms. The highest BCUT2D eigenvalue weighted by Gasteiger charge is 2.16. The van der Waals surface area contributed by atoms with Crippen LogP contribution in [0.3, 0.4) is 0 Å². The zero-order valence-corrected chi connectivity index (χ0v) is 11.9. The van der Waals surface area contributed by atoms with Gasteiger partial charge in [-0.2, -0.15) is 0 Å². The monoisotopic (exact) mass is 257 g/mol. The van der Waals surface area contributed by atoms with Gasteiger partial charge in [0, 0.05) is 5.56 Å². The number of isocyanates is 1. The number of nitrogens with zero attached hydrogens (tertiary/aromatic N) is 1. The molecule has 3 heteroatoms. The SMILES string of the molecule is C=Cc1c(C(C)C)cc(C(=O)N=C=O)cc1C(C)C. The normalized spacial score (nSPS) is 10.4. The van der Waals surface area contributed by atoms with Crippen LogP contribution in [0, 0.1) is 0 Å². The maximum atomic E-state index is 11.7. The van der Waals surface area contributed by atoms with E-state index in [9.17, 15) is 9.59 Å². The lowest BCUT2D eigenvalue weighted by Gasteiger charge is -2.18. The molecule has 1 amide bonds. The third-order valence-electron chi connectivity index (χ3n) is 3.09. The molecule has 0 aliphatic carbocycles. The van der Waals surface area contributed by atoms with E-state index in [1.165, 1.54) is 6.08 Å². The molecule has 0 aliphatic heterocycles. The van der Waals surface area contributed by atoms with Crippen LogP contribution in [0.4, 0.5) is 0 Å². The average molecular weight is 257 g/mol. The van der Waals surface area contributed by atoms with Gasteiger partial charge in [-0.15, -0.1) is 4.99 Å². The second-order valence-corrected chi connectivity index (χ2v) is 5.09. The van der Waals surface area contributed by atoms with Gasteiger partial charge in [0.05, 0.1) is 0 Å². The van der Waals surface area contributed by atoms with Crippen molar-refractivity contribution in [3.05, 3.63) is 41.0 Å². The Labute approximate surface area is 114 Å². The molecule has 0 aromatic heterocycles. The fourth-order valence-electron chi connectivity index (χ4n) is 2.12. The van der Waals surface area contributed by atoms with E-state index in [0.29, 0.717) is 5.56 Å². The van der Waals surface area contributed by atoms with Gasteiger partial charge in [-0.05, 0) is 40.7 Å². The first-order valence-corrected chi connectivity index (χ1v) is 6.34. The van der Waals surface area contributed by atoms with E-state index >= 15 is 0 Å². The van der Waals surface area contributed by atoms with Crippen LogP contribution in [0.15, 0.2) is 23.7 Å². The fraction of sp³-hybridized carbons (Fsp3) is 0.375. The van der Waals surface area contributed by atoms with Crippen LogP contribution in [-0.2, 0) is 4.79 Å². The molecule has 1 aromatic rings. The van der Waals surface area contributed by atoms with Gasteiger partial charge < -0.3 is 0 Å². The number of rotatable bonds is 4. The van der Waals surface area contributed by atoms with Gasteiger partial charge in [0.15, 0.2) is 0 Å². The Morgan fingerprint density at radius 3 is 2.00 bits per heavy atom. The van der Waals surface area contributed by atoms with E-state index in [0.717, 1.165) is 16.7 Å². The lowest BCUT2D eigenvalue weighted by molar-refractivity contribution is 0.100. The highest BCUT2D eigenvalue weighted by atomic mass is 16.2. The summed E-state index contributed by atoms with van der Waals surface area (Å²) in [6.45, 7) is 12.1. The van der Waals surface area contributed by atoms with Gasteiger partial charge in [-0.25, -0.2) is 4.79 Å². The first kappa shape index (κ1) is 15.1. The van der Waals surface area contributed by atoms with Crippen molar-refractivity contribution in [1.29, 1.82) is 0 Å². The zero-order valence-electron chi connectivity index (χ0n) is 11.9. The molecule has 0 atom stereocenters. The molecular formula is C16H19NO2. The van der Waals surface area contributed by atoms with Crippen molar-refractivity contribution in [3.8, 4) is 0 Å². The molecule has 0 saturated carbocycles. The van der Waals surface area contributed by atoms with Crippen LogP contribution in [-0.4, -0.2) is 12.0 Å². The largest absolute Gasteiger partial charge is 0.287 e. The van der Waals surface area contributed by atoms with Crippen molar-refractivity contribution in [3.63, 3.8) is 0 Å². The Bertz CT molecular complexity index is 521. The quantitative estimate of drug-likeness (QED) is 0.603. The molecule has 0 spiro atoms. The second kappa shape index (κ2) is 6.26. The van der Waals surface area contributed by atoms with Crippen molar-refractivity contribution in [1.82, 2.24) is 0 Å². The molecule has 0 fully saturated rings. The van der Waals surface area contributed by atoms with Gasteiger partial charge in [-0.1, -0.05) is 40.3 Å². The molecule has 0 heterocycles. The van der Waals surface area contributed by atoms with Crippen LogP contribution < -0.4 is 0 Å². The van der Waals surface area contributed by atoms with Crippen molar-refractivity contribution in [2.24, 2.45) is 4.99 Å². The summed E-state index contributed by atoms with van der Waals surface area (Å²) in [4.78, 5) is 25.1. The third-order valence-corrected chi connectivity index (χ3v) is 3.09. The Kier molecular flexibility index (Phi) is 4.96. The third kappa shape index (κ3) is 3.27. The molecule has 0 bridgehead atoms. The Balaban J connectivity index is 3.58. The first-order chi connectivity index (χ1) is 8.92. The molecule has 3 nitrogen and oxygen atoms in total. The number of carbonyl (C=O) groups is 1. The lowest BCUT2D eigenvalue weighted by atomic mass is 9.86. The minimum Gasteiger partial charge on any atom is -0.266 e. The van der Waals surface area contributed by atoms with E-state index in [1.54, 1.807) is 12.1 Å². The predicted molar refractivity (Wildman–Crippen MR) is 77.2 cm³/mol. The minimum absolute atomic E-state index is 0.262. The van der Waals surface area contributed by atoms with Crippen molar-refractivity contribution in [2.75, 3.05) is 0 Å². The van der Waals surface area contributed by atoms with Crippen molar-refractivity contribution in [2.45, 2.75) is 39.5 Å². The number of aliphatic imine (C=N–C) groups is 1. The maximum Gasteiger partial charge on any atom is 0.287 e. The molecule has 0 unspecified atom stereocenters. The smallest absolute Gasteiger partial charge is 0.266 e. The van der Waals surface area contributed by atoms with Crippen LogP contribution in [0.2, 0.25) is 0 Å². The Morgan fingerprint density at radius 2 is 1.68 bits per heavy atom. The van der Waals surface area contributed by atoms with E-state index in [2.05, 4.69) is 39.3 Å². The van der Waals surface area contributed by atoms with Gasteiger partial charge in [-0.3, -0.25) is 4.79 Å². The predicted octanol–water partition coefficient (Wildman–Crippen LogP) is 4.05. The van der Waals surface area contributed by atoms with E-state index in [1.807, 2.05) is 6.08 Å². The summed E-state index contributed by atoms with van der Waals surface area (Å²) in [5.74, 6) is -0.0219. The summed E-state index contributed by atoms with van der Waals surface area (Å²) in [6.07, 6.45) is 3.12. The highest BCUT2D eigenvalue weighted by Crippen LogP contribution is 2.30. The molecule has 1 rings (SSSR count). The summed E-state index contributed by atoms with van der Waals surface area (Å²) in [5, 5.41) is 0. The fourth-order valence-corrected chi connectivity index (χ4v) is 2.12. The van der Waals surface area contributed by atoms with Gasteiger partial charge in [0.2, 0.25) is 6.08 Å². The summed E-state index contributed by atoms with van der Waals surface area (Å²) >= 11 is 0. The maximum absolute atomic E-state index is 11.7. The number of hydrogen-bond donors (Lipinski definition) is 0. The second-order valence-electron chi connectivity index (χ2n) is 5.09. The minimum atomic E-state index is -0.547. The molecule has 0 aliphatic rings. The summed E-state index contributed by atoms with van der Waals surface area (Å²) in [7, 11) is 0. The highest BCUT2D eigenvalue weighted by molar-refractivity contribution is 5.98. The Morgan fingerprint density at radius 1 is 1.21 bits per heavy atom. The standard InChI is InChI=1S/C16H19NO2/c1-6-13-14(10(2)3)7-12(16(19)17-9-18)8-15(13)11(4)5/h6-8,10-11H,1H2,2-5H3. The molecular weight excluding hydrogens is 238 g/mol. The topological polar surface area (TPSA) is 46.5 Å². The Hall–Kier alpha value is -1.99. The summed E-state index contributed by atoms with van der Waals surface area (Å²) in [5.41, 5.74) is 3.59. The number of benzene rings is 1. The zero-order chi connectivity index (χ0) is 14.6. The van der Waals surface area contributed by atoms with Crippen molar-refractivity contribution < 1.29 is 9.59 Å². The van der Waals surface area contributed by atoms with Gasteiger partial charge >= 0.3 is 0 Å². The van der Waals surface area contributed by atoms with Crippen LogP contribution in [0.1, 0.15) is 66.6 Å². The summed E-state index contributed by atoms with van der Waals surface area (Å²) in [6, 6.07) is 3.58. The summed E-state index contributed by atoms with van der Waals surface area (Å²) < 4.78 is 0. The number of hydrogen-bond acceptors (Lipinski definition) is 2. The van der Waals surface area contributed by atoms with Crippen molar-refractivity contribution >= 4 is 18.1 Å².